The summed E-state index contributed by atoms with van der Waals surface area (Å²) in [5.41, 5.74) is 12.6. The van der Waals surface area contributed by atoms with Crippen molar-refractivity contribution in [2.24, 2.45) is 0 Å². The molecule has 55 heavy (non-hydrogen) atoms. The number of para-hydroxylation sites is 4. The van der Waals surface area contributed by atoms with Crippen LogP contribution >= 0.6 is 0 Å². The molecule has 0 aliphatic carbocycles. The monoisotopic (exact) mass is 699 g/mol. The molecule has 8 aromatic carbocycles. The summed E-state index contributed by atoms with van der Waals surface area (Å²) in [5.74, 6) is 0. The number of benzene rings is 8. The first-order chi connectivity index (χ1) is 27.2. The fourth-order valence-corrected chi connectivity index (χ4v) is 8.75. The number of rotatable bonds is 4. The second-order valence-electron chi connectivity index (χ2n) is 14.0. The highest BCUT2D eigenvalue weighted by Gasteiger charge is 2.20. The SMILES string of the molecule is [C-]#[N+]c1cc(-c2cccc(-n3c4ccccc4c4c(-n5c6ccccc6c6ccccc65)cccc43)c2)ccc1-n1c2ccccc2c2ccc(C#N)cc21. The Balaban J connectivity index is 1.09. The van der Waals surface area contributed by atoms with Gasteiger partial charge in [0.2, 0.25) is 5.69 Å². The van der Waals surface area contributed by atoms with Crippen LogP contribution in [0.15, 0.2) is 176 Å². The van der Waals surface area contributed by atoms with Crippen molar-refractivity contribution in [3.8, 4) is 34.3 Å². The van der Waals surface area contributed by atoms with Crippen molar-refractivity contribution >= 4 is 71.1 Å². The average Bonchev–Trinajstić information content (AvgIpc) is 3.89. The van der Waals surface area contributed by atoms with Crippen molar-refractivity contribution in [2.75, 3.05) is 0 Å². The summed E-state index contributed by atoms with van der Waals surface area (Å²) in [4.78, 5) is 4.06. The number of hydrogen-bond acceptors (Lipinski definition) is 1. The Bertz CT molecular complexity index is 3420. The molecule has 0 saturated carbocycles. The highest BCUT2D eigenvalue weighted by Crippen LogP contribution is 2.41. The zero-order chi connectivity index (χ0) is 36.6. The Kier molecular flexibility index (Phi) is 6.61. The van der Waals surface area contributed by atoms with Crippen LogP contribution in [0.5, 0.6) is 0 Å². The molecule has 5 nitrogen and oxygen atoms in total. The smallest absolute Gasteiger partial charge is 0.211 e. The third-order valence-electron chi connectivity index (χ3n) is 11.1. The first-order valence-electron chi connectivity index (χ1n) is 18.3. The lowest BCUT2D eigenvalue weighted by Gasteiger charge is -2.14. The van der Waals surface area contributed by atoms with E-state index >= 15 is 0 Å². The second-order valence-corrected chi connectivity index (χ2v) is 14.0. The van der Waals surface area contributed by atoms with Crippen LogP contribution in [0.2, 0.25) is 0 Å². The van der Waals surface area contributed by atoms with E-state index in [0.717, 1.165) is 61.0 Å². The largest absolute Gasteiger partial charge is 0.319 e. The molecule has 0 unspecified atom stereocenters. The van der Waals surface area contributed by atoms with Crippen LogP contribution in [-0.4, -0.2) is 13.7 Å². The maximum atomic E-state index is 9.73. The van der Waals surface area contributed by atoms with E-state index in [2.05, 4.69) is 158 Å². The predicted molar refractivity (Wildman–Crippen MR) is 226 cm³/mol. The summed E-state index contributed by atoms with van der Waals surface area (Å²) >= 11 is 0. The molecular weight excluding hydrogens is 671 g/mol. The molecule has 0 bridgehead atoms. The molecule has 0 amide bonds. The van der Waals surface area contributed by atoms with Gasteiger partial charge in [-0.1, -0.05) is 103 Å². The Morgan fingerprint density at radius 1 is 0.418 bits per heavy atom. The summed E-state index contributed by atoms with van der Waals surface area (Å²) in [6, 6.07) is 63.6. The Labute approximate surface area is 316 Å². The number of fused-ring (bicyclic) bond motifs is 9. The lowest BCUT2D eigenvalue weighted by atomic mass is 10.0. The van der Waals surface area contributed by atoms with E-state index in [1.54, 1.807) is 0 Å². The minimum absolute atomic E-state index is 0.542. The summed E-state index contributed by atoms with van der Waals surface area (Å²) in [6.07, 6.45) is 0. The minimum atomic E-state index is 0.542. The van der Waals surface area contributed by atoms with Crippen LogP contribution in [0.3, 0.4) is 0 Å². The highest BCUT2D eigenvalue weighted by molar-refractivity contribution is 6.16. The van der Waals surface area contributed by atoms with Gasteiger partial charge in [0.15, 0.2) is 0 Å². The molecular formula is C50H29N5. The Morgan fingerprint density at radius 3 is 1.62 bits per heavy atom. The maximum Gasteiger partial charge on any atom is 0.211 e. The number of nitrogens with zero attached hydrogens (tertiary/aromatic N) is 5. The second kappa shape index (κ2) is 11.8. The van der Waals surface area contributed by atoms with Crippen molar-refractivity contribution in [3.63, 3.8) is 0 Å². The molecule has 11 aromatic rings. The highest BCUT2D eigenvalue weighted by atomic mass is 15.0. The van der Waals surface area contributed by atoms with Crippen LogP contribution in [0.25, 0.3) is 98.5 Å². The molecule has 0 fully saturated rings. The molecule has 0 aliphatic rings. The molecule has 11 rings (SSSR count). The molecule has 0 spiro atoms. The molecule has 0 atom stereocenters. The maximum absolute atomic E-state index is 9.73. The topological polar surface area (TPSA) is 42.9 Å². The van der Waals surface area contributed by atoms with Crippen LogP contribution in [-0.2, 0) is 0 Å². The van der Waals surface area contributed by atoms with Crippen LogP contribution in [0.1, 0.15) is 5.56 Å². The normalized spacial score (nSPS) is 11.6. The molecule has 5 heteroatoms. The van der Waals surface area contributed by atoms with Gasteiger partial charge in [-0.2, -0.15) is 5.26 Å². The third kappa shape index (κ3) is 4.45. The minimum Gasteiger partial charge on any atom is -0.319 e. The van der Waals surface area contributed by atoms with Gasteiger partial charge in [-0.25, -0.2) is 4.85 Å². The fourth-order valence-electron chi connectivity index (χ4n) is 8.75. The van der Waals surface area contributed by atoms with Gasteiger partial charge in [-0.15, -0.1) is 0 Å². The van der Waals surface area contributed by atoms with Gasteiger partial charge in [-0.3, -0.25) is 0 Å². The predicted octanol–water partition coefficient (Wildman–Crippen LogP) is 13.1. The molecule has 3 aromatic heterocycles. The van der Waals surface area contributed by atoms with Crippen molar-refractivity contribution in [3.05, 3.63) is 193 Å². The first kappa shape index (κ1) is 30.7. The Hall–Kier alpha value is -7.86. The zero-order valence-electron chi connectivity index (χ0n) is 29.5. The van der Waals surface area contributed by atoms with E-state index in [-0.39, 0.29) is 0 Å². The van der Waals surface area contributed by atoms with Gasteiger partial charge >= 0.3 is 0 Å². The van der Waals surface area contributed by atoms with Gasteiger partial charge in [0.05, 0.1) is 62.7 Å². The van der Waals surface area contributed by atoms with E-state index in [1.165, 1.54) is 32.6 Å². The average molecular weight is 700 g/mol. The van der Waals surface area contributed by atoms with Gasteiger partial charge in [-0.05, 0) is 83.9 Å². The lowest BCUT2D eigenvalue weighted by Crippen LogP contribution is -1.97. The lowest BCUT2D eigenvalue weighted by molar-refractivity contribution is 1.17. The molecule has 3 heterocycles. The van der Waals surface area contributed by atoms with E-state index in [9.17, 15) is 5.26 Å². The van der Waals surface area contributed by atoms with E-state index in [0.29, 0.717) is 11.3 Å². The summed E-state index contributed by atoms with van der Waals surface area (Å²) < 4.78 is 6.89. The summed E-state index contributed by atoms with van der Waals surface area (Å²) in [5, 5.41) is 16.7. The van der Waals surface area contributed by atoms with Crippen molar-refractivity contribution in [1.29, 1.82) is 5.26 Å². The van der Waals surface area contributed by atoms with Crippen LogP contribution < -0.4 is 0 Å². The molecule has 0 radical (unpaired) electrons. The molecule has 0 aliphatic heterocycles. The Morgan fingerprint density at radius 2 is 0.964 bits per heavy atom. The van der Waals surface area contributed by atoms with Gasteiger partial charge < -0.3 is 13.7 Å². The number of nitriles is 1. The van der Waals surface area contributed by atoms with Crippen LogP contribution in [0, 0.1) is 17.9 Å². The van der Waals surface area contributed by atoms with Crippen LogP contribution in [0.4, 0.5) is 5.69 Å². The number of hydrogen-bond donors (Lipinski definition) is 0. The van der Waals surface area contributed by atoms with E-state index in [4.69, 9.17) is 6.57 Å². The van der Waals surface area contributed by atoms with Gasteiger partial charge in [0, 0.05) is 38.0 Å². The standard InChI is InChI=1S/C50H29N5/c1-52-41-30-34(25-27-46(41)55-44-20-8-4-16-38(44)39-26-24-32(31-51)28-49(39)55)33-12-10-13-35(29-33)53-45-21-9-5-17-40(45)50-47(53)22-11-23-48(50)54-42-18-6-2-14-36(42)37-15-3-7-19-43(37)54/h2-30H. The van der Waals surface area contributed by atoms with Crippen molar-refractivity contribution in [2.45, 2.75) is 0 Å². The summed E-state index contributed by atoms with van der Waals surface area (Å²) in [7, 11) is 0. The quantitative estimate of drug-likeness (QED) is 0.169. The fraction of sp³-hybridized carbons (Fsp3) is 0. The van der Waals surface area contributed by atoms with E-state index in [1.807, 2.05) is 42.5 Å². The molecule has 0 N–H and O–H groups in total. The van der Waals surface area contributed by atoms with Gasteiger partial charge in [0.25, 0.3) is 0 Å². The van der Waals surface area contributed by atoms with Gasteiger partial charge in [0.1, 0.15) is 0 Å². The molecule has 254 valence electrons. The molecule has 0 saturated heterocycles. The summed E-state index contributed by atoms with van der Waals surface area (Å²) in [6.45, 7) is 8.31. The zero-order valence-corrected chi connectivity index (χ0v) is 29.5. The van der Waals surface area contributed by atoms with E-state index < -0.39 is 0 Å². The van der Waals surface area contributed by atoms with Crippen molar-refractivity contribution in [1.82, 2.24) is 13.7 Å². The third-order valence-corrected chi connectivity index (χ3v) is 11.1. The number of aromatic nitrogens is 3. The first-order valence-corrected chi connectivity index (χ1v) is 18.3. The van der Waals surface area contributed by atoms with Crippen molar-refractivity contribution < 1.29 is 0 Å².